The van der Waals surface area contributed by atoms with Gasteiger partial charge in [0.15, 0.2) is 0 Å². The lowest BCUT2D eigenvalue weighted by Crippen LogP contribution is -2.20. The van der Waals surface area contributed by atoms with E-state index in [0.29, 0.717) is 0 Å². The van der Waals surface area contributed by atoms with Gasteiger partial charge < -0.3 is 8.54 Å². The maximum atomic E-state index is 5.76. The highest BCUT2D eigenvalue weighted by atomic mass is 28.2. The fourth-order valence-corrected chi connectivity index (χ4v) is 3.55. The molecule has 0 saturated heterocycles. The number of carbonyl (C=O) groups excluding carboxylic acids is 1. The number of aryl methyl sites for hydroxylation is 1. The summed E-state index contributed by atoms with van der Waals surface area (Å²) in [5, 5.41) is 2.61. The Morgan fingerprint density at radius 1 is 1.13 bits per heavy atom. The van der Waals surface area contributed by atoms with Crippen LogP contribution in [-0.2, 0) is 10.8 Å². The summed E-state index contributed by atoms with van der Waals surface area (Å²) >= 11 is 0. The molecule has 2 nitrogen and oxygen atoms in total. The Morgan fingerprint density at radius 2 is 1.96 bits per heavy atom. The first-order valence-electron chi connectivity index (χ1n) is 8.19. The second kappa shape index (κ2) is 6.32. The molecule has 0 aliphatic carbocycles. The first kappa shape index (κ1) is 16.0. The summed E-state index contributed by atoms with van der Waals surface area (Å²) in [4.78, 5) is 0. The third kappa shape index (κ3) is 3.40. The quantitative estimate of drug-likeness (QED) is 0.575. The molecular weight excluding hydrogens is 300 g/mol. The highest BCUT2D eigenvalue weighted by molar-refractivity contribution is 6.22. The molecule has 0 bridgehead atoms. The van der Waals surface area contributed by atoms with Gasteiger partial charge in [0, 0.05) is 5.41 Å². The number of fused-ring (bicyclic) bond motifs is 1. The predicted molar refractivity (Wildman–Crippen MR) is 96.7 cm³/mol. The molecule has 118 valence electrons. The van der Waals surface area contributed by atoms with E-state index in [1.807, 2.05) is 6.08 Å². The van der Waals surface area contributed by atoms with Crippen molar-refractivity contribution >= 4 is 26.6 Å². The average molecular weight is 323 g/mol. The van der Waals surface area contributed by atoms with Crippen LogP contribution in [0.15, 0.2) is 48.2 Å². The average Bonchev–Trinajstić information content (AvgIpc) is 2.54. The smallest absolute Gasteiger partial charge is 0.464 e. The van der Waals surface area contributed by atoms with Crippen LogP contribution in [0.4, 0.5) is 0 Å². The fraction of sp³-hybridized carbons (Fsp3) is 0.350. The molecule has 2 aromatic rings. The lowest BCUT2D eigenvalue weighted by atomic mass is 9.92. The first-order valence-corrected chi connectivity index (χ1v) is 9.00. The molecule has 0 unspecified atom stereocenters. The van der Waals surface area contributed by atoms with Crippen LogP contribution >= 0.6 is 0 Å². The standard InChI is InChI=1S/C20H23O2Si/c1-5-7-14-8-6-9-15-12-16(10-11-17(14)15)18-13-19(20(2,3)4)22-23-21-18/h6,8-13H,5,7H2,1-4H3/q+1. The molecular formula is C20H23O2Si+. The van der Waals surface area contributed by atoms with Crippen LogP contribution in [0, 0.1) is 5.41 Å². The van der Waals surface area contributed by atoms with Crippen molar-refractivity contribution in [3.05, 3.63) is 59.4 Å². The molecule has 2 aromatic carbocycles. The molecule has 3 rings (SSSR count). The van der Waals surface area contributed by atoms with Crippen molar-refractivity contribution < 1.29 is 8.54 Å². The predicted octanol–water partition coefficient (Wildman–Crippen LogP) is 5.01. The lowest BCUT2D eigenvalue weighted by molar-refractivity contribution is -0.109. The van der Waals surface area contributed by atoms with Gasteiger partial charge >= 0.3 is 15.8 Å². The van der Waals surface area contributed by atoms with Crippen LogP contribution in [0.1, 0.15) is 49.4 Å². The fourth-order valence-electron chi connectivity index (χ4n) is 2.79. The van der Waals surface area contributed by atoms with Crippen LogP contribution < -0.4 is 0 Å². The Kier molecular flexibility index (Phi) is 4.40. The molecule has 1 aliphatic heterocycles. The minimum atomic E-state index is -0.00677. The molecule has 1 aliphatic rings. The Balaban J connectivity index is 2.01. The molecule has 0 aromatic heterocycles. The van der Waals surface area contributed by atoms with Gasteiger partial charge in [-0.3, -0.25) is 0 Å². The van der Waals surface area contributed by atoms with E-state index >= 15 is 0 Å². The van der Waals surface area contributed by atoms with E-state index in [9.17, 15) is 0 Å². The van der Waals surface area contributed by atoms with Crippen LogP contribution in [0.2, 0.25) is 0 Å². The highest BCUT2D eigenvalue weighted by Crippen LogP contribution is 2.29. The summed E-state index contributed by atoms with van der Waals surface area (Å²) in [7, 11) is 0.0307. The van der Waals surface area contributed by atoms with Crippen molar-refractivity contribution in [2.45, 2.75) is 40.5 Å². The van der Waals surface area contributed by atoms with Gasteiger partial charge in [-0.25, -0.2) is 0 Å². The molecule has 0 spiro atoms. The van der Waals surface area contributed by atoms with Crippen LogP contribution in [0.3, 0.4) is 0 Å². The summed E-state index contributed by atoms with van der Waals surface area (Å²) in [6.45, 7) is 8.69. The molecule has 0 amide bonds. The van der Waals surface area contributed by atoms with Crippen LogP contribution in [0.5, 0.6) is 0 Å². The Morgan fingerprint density at radius 3 is 2.70 bits per heavy atom. The van der Waals surface area contributed by atoms with Gasteiger partial charge in [-0.15, -0.1) is 0 Å². The van der Waals surface area contributed by atoms with Crippen molar-refractivity contribution in [3.8, 4) is 0 Å². The third-order valence-electron chi connectivity index (χ3n) is 4.08. The van der Waals surface area contributed by atoms with Crippen molar-refractivity contribution in [2.24, 2.45) is 5.41 Å². The maximum absolute atomic E-state index is 5.76. The normalized spacial score (nSPS) is 15.1. The summed E-state index contributed by atoms with van der Waals surface area (Å²) in [5.41, 5.74) is 2.53. The Bertz CT molecular complexity index is 782. The second-order valence-electron chi connectivity index (χ2n) is 7.01. The number of hydrogen-bond donors (Lipinski definition) is 0. The molecule has 0 saturated carbocycles. The van der Waals surface area contributed by atoms with Crippen molar-refractivity contribution in [2.75, 3.05) is 0 Å². The molecule has 0 N–H and O–H groups in total. The zero-order chi connectivity index (χ0) is 16.4. The summed E-state index contributed by atoms with van der Waals surface area (Å²) in [6.07, 6.45) is 4.32. The largest absolute Gasteiger partial charge is 1.02 e. The third-order valence-corrected chi connectivity index (χ3v) is 4.69. The van der Waals surface area contributed by atoms with E-state index in [0.717, 1.165) is 29.9 Å². The van der Waals surface area contributed by atoms with Gasteiger partial charge in [-0.05, 0) is 34.9 Å². The summed E-state index contributed by atoms with van der Waals surface area (Å²) < 4.78 is 11.4. The number of rotatable bonds is 3. The molecule has 0 atom stereocenters. The molecule has 23 heavy (non-hydrogen) atoms. The Hall–Kier alpha value is -1.87. The van der Waals surface area contributed by atoms with E-state index < -0.39 is 0 Å². The van der Waals surface area contributed by atoms with Gasteiger partial charge in [0.05, 0.1) is 11.6 Å². The summed E-state index contributed by atoms with van der Waals surface area (Å²) in [5.74, 6) is 1.89. The molecule has 0 fully saturated rings. The zero-order valence-electron chi connectivity index (χ0n) is 14.3. The van der Waals surface area contributed by atoms with Gasteiger partial charge in [0.25, 0.3) is 0 Å². The highest BCUT2D eigenvalue weighted by Gasteiger charge is 2.32. The van der Waals surface area contributed by atoms with Crippen molar-refractivity contribution in [3.63, 3.8) is 0 Å². The minimum Gasteiger partial charge on any atom is -0.464 e. The van der Waals surface area contributed by atoms with Gasteiger partial charge in [0.2, 0.25) is 0 Å². The number of benzene rings is 2. The van der Waals surface area contributed by atoms with Crippen LogP contribution in [0.25, 0.3) is 10.8 Å². The number of hydrogen-bond acceptors (Lipinski definition) is 1. The van der Waals surface area contributed by atoms with E-state index in [-0.39, 0.29) is 15.4 Å². The topological polar surface area (TPSA) is 20.5 Å². The van der Waals surface area contributed by atoms with E-state index in [1.165, 1.54) is 16.3 Å². The summed E-state index contributed by atoms with van der Waals surface area (Å²) in [6, 6.07) is 13.1. The van der Waals surface area contributed by atoms with Crippen LogP contribution in [-0.4, -0.2) is 15.8 Å². The van der Waals surface area contributed by atoms with Crippen molar-refractivity contribution in [1.82, 2.24) is 0 Å². The zero-order valence-corrected chi connectivity index (χ0v) is 15.3. The molecule has 2 radical (unpaired) electrons. The first-order chi connectivity index (χ1) is 11.0. The number of ketones is 1. The monoisotopic (exact) mass is 323 g/mol. The van der Waals surface area contributed by atoms with Crippen molar-refractivity contribution in [1.29, 1.82) is 0 Å². The van der Waals surface area contributed by atoms with E-state index in [1.54, 1.807) is 0 Å². The van der Waals surface area contributed by atoms with E-state index in [2.05, 4.69) is 64.1 Å². The maximum Gasteiger partial charge on any atom is 1.02 e. The Labute approximate surface area is 140 Å². The van der Waals surface area contributed by atoms with E-state index in [4.69, 9.17) is 8.54 Å². The lowest BCUT2D eigenvalue weighted by Gasteiger charge is -2.21. The van der Waals surface area contributed by atoms with Gasteiger partial charge in [-0.1, -0.05) is 58.4 Å². The van der Waals surface area contributed by atoms with Gasteiger partial charge in [0.1, 0.15) is 5.76 Å². The number of allylic oxidation sites excluding steroid dienone is 2. The second-order valence-corrected chi connectivity index (χ2v) is 7.59. The molecule has 1 heterocycles. The minimum absolute atomic E-state index is 0.00677. The SMILES string of the molecule is CCCc1cccc2cc(C3=[O+][Si]OC(C(C)(C)C)=C3)ccc12. The molecule has 3 heteroatoms. The van der Waals surface area contributed by atoms with Gasteiger partial charge in [-0.2, -0.15) is 0 Å².